The standard InChI is InChI=1S/C13H21N3O3/c1-10-12(8-15-19-10)13(17)16(6-7-18-2)9-11-4-3-5-14-11/h8,11,14H,3-7,9H2,1-2H3. The molecular weight excluding hydrogens is 246 g/mol. The van der Waals surface area contributed by atoms with Crippen LogP contribution in [0.2, 0.25) is 0 Å². The SMILES string of the molecule is COCCN(CC1CCCN1)C(=O)c1cnoc1C. The van der Waals surface area contributed by atoms with Gasteiger partial charge in [-0.2, -0.15) is 0 Å². The lowest BCUT2D eigenvalue weighted by atomic mass is 10.2. The molecule has 0 spiro atoms. The van der Waals surface area contributed by atoms with Crippen LogP contribution >= 0.6 is 0 Å². The number of aromatic nitrogens is 1. The van der Waals surface area contributed by atoms with Gasteiger partial charge in [-0.15, -0.1) is 0 Å². The topological polar surface area (TPSA) is 67.6 Å². The van der Waals surface area contributed by atoms with Crippen LogP contribution < -0.4 is 5.32 Å². The maximum Gasteiger partial charge on any atom is 0.259 e. The lowest BCUT2D eigenvalue weighted by molar-refractivity contribution is 0.0677. The Balaban J connectivity index is 2.03. The predicted octanol–water partition coefficient (Wildman–Crippen LogP) is 0.824. The minimum absolute atomic E-state index is 0.0375. The highest BCUT2D eigenvalue weighted by atomic mass is 16.5. The molecule has 1 aliphatic heterocycles. The van der Waals surface area contributed by atoms with Crippen molar-refractivity contribution in [1.82, 2.24) is 15.4 Å². The summed E-state index contributed by atoms with van der Waals surface area (Å²) in [6, 6.07) is 0.376. The predicted molar refractivity (Wildman–Crippen MR) is 70.0 cm³/mol. The van der Waals surface area contributed by atoms with E-state index in [4.69, 9.17) is 9.26 Å². The number of ether oxygens (including phenoxy) is 1. The third-order valence-corrected chi connectivity index (χ3v) is 3.44. The van der Waals surface area contributed by atoms with Gasteiger partial charge < -0.3 is 19.5 Å². The number of hydrogen-bond donors (Lipinski definition) is 1. The fourth-order valence-corrected chi connectivity index (χ4v) is 2.33. The van der Waals surface area contributed by atoms with E-state index in [2.05, 4.69) is 10.5 Å². The van der Waals surface area contributed by atoms with Crippen molar-refractivity contribution in [3.63, 3.8) is 0 Å². The summed E-state index contributed by atoms with van der Waals surface area (Å²) in [7, 11) is 1.64. The van der Waals surface area contributed by atoms with Crippen LogP contribution in [0.5, 0.6) is 0 Å². The Morgan fingerprint density at radius 1 is 1.68 bits per heavy atom. The lowest BCUT2D eigenvalue weighted by Crippen LogP contribution is -2.42. The van der Waals surface area contributed by atoms with Crippen molar-refractivity contribution in [2.75, 3.05) is 33.4 Å². The van der Waals surface area contributed by atoms with Crippen molar-refractivity contribution in [3.05, 3.63) is 17.5 Å². The summed E-state index contributed by atoms with van der Waals surface area (Å²) < 4.78 is 10.0. The summed E-state index contributed by atoms with van der Waals surface area (Å²) in [5, 5.41) is 7.07. The molecular formula is C13H21N3O3. The van der Waals surface area contributed by atoms with Crippen molar-refractivity contribution < 1.29 is 14.1 Å². The summed E-state index contributed by atoms with van der Waals surface area (Å²) in [5.41, 5.74) is 0.536. The fraction of sp³-hybridized carbons (Fsp3) is 0.692. The normalized spacial score (nSPS) is 18.7. The molecule has 1 unspecified atom stereocenters. The highest BCUT2D eigenvalue weighted by molar-refractivity contribution is 5.94. The monoisotopic (exact) mass is 267 g/mol. The third kappa shape index (κ3) is 3.54. The third-order valence-electron chi connectivity index (χ3n) is 3.44. The van der Waals surface area contributed by atoms with E-state index in [1.165, 1.54) is 12.6 Å². The van der Waals surface area contributed by atoms with Gasteiger partial charge in [0.2, 0.25) is 0 Å². The zero-order chi connectivity index (χ0) is 13.7. The summed E-state index contributed by atoms with van der Waals surface area (Å²) in [6.07, 6.45) is 3.77. The van der Waals surface area contributed by atoms with Gasteiger partial charge in [0.1, 0.15) is 11.3 Å². The first-order chi connectivity index (χ1) is 9.22. The molecule has 0 aromatic carbocycles. The minimum atomic E-state index is -0.0375. The van der Waals surface area contributed by atoms with Gasteiger partial charge in [-0.05, 0) is 26.3 Å². The van der Waals surface area contributed by atoms with Crippen LogP contribution in [0.15, 0.2) is 10.7 Å². The average molecular weight is 267 g/mol. The summed E-state index contributed by atoms with van der Waals surface area (Å²) in [6.45, 7) is 4.60. The molecule has 6 heteroatoms. The molecule has 1 aliphatic rings. The average Bonchev–Trinajstić information content (AvgIpc) is 3.05. The van der Waals surface area contributed by atoms with Gasteiger partial charge in [0.15, 0.2) is 0 Å². The molecule has 2 heterocycles. The molecule has 1 aromatic heterocycles. The molecule has 1 aromatic rings. The molecule has 1 fully saturated rings. The highest BCUT2D eigenvalue weighted by Gasteiger charge is 2.24. The van der Waals surface area contributed by atoms with Gasteiger partial charge in [0.25, 0.3) is 5.91 Å². The number of methoxy groups -OCH3 is 1. The second-order valence-electron chi connectivity index (χ2n) is 4.83. The number of hydrogen-bond acceptors (Lipinski definition) is 5. The maximum absolute atomic E-state index is 12.5. The molecule has 2 rings (SSSR count). The van der Waals surface area contributed by atoms with E-state index in [-0.39, 0.29) is 5.91 Å². The van der Waals surface area contributed by atoms with Crippen LogP contribution in [0.4, 0.5) is 0 Å². The maximum atomic E-state index is 12.5. The van der Waals surface area contributed by atoms with E-state index in [1.807, 2.05) is 4.90 Å². The number of rotatable bonds is 6. The number of nitrogens with one attached hydrogen (secondary N) is 1. The minimum Gasteiger partial charge on any atom is -0.383 e. The van der Waals surface area contributed by atoms with Gasteiger partial charge in [0.05, 0.1) is 12.8 Å². The lowest BCUT2D eigenvalue weighted by Gasteiger charge is -2.25. The van der Waals surface area contributed by atoms with Crippen LogP contribution in [-0.4, -0.2) is 55.4 Å². The quantitative estimate of drug-likeness (QED) is 0.826. The molecule has 106 valence electrons. The van der Waals surface area contributed by atoms with Crippen LogP contribution in [0.1, 0.15) is 29.0 Å². The number of aryl methyl sites for hydroxylation is 1. The Bertz CT molecular complexity index is 413. The number of nitrogens with zero attached hydrogens (tertiary/aromatic N) is 2. The first kappa shape index (κ1) is 14.0. The molecule has 1 atom stereocenters. The Hall–Kier alpha value is -1.40. The van der Waals surface area contributed by atoms with Crippen LogP contribution in [0, 0.1) is 6.92 Å². The van der Waals surface area contributed by atoms with E-state index < -0.39 is 0 Å². The first-order valence-electron chi connectivity index (χ1n) is 6.65. The van der Waals surface area contributed by atoms with Gasteiger partial charge in [-0.25, -0.2) is 0 Å². The van der Waals surface area contributed by atoms with Crippen molar-refractivity contribution in [2.24, 2.45) is 0 Å². The highest BCUT2D eigenvalue weighted by Crippen LogP contribution is 2.13. The molecule has 0 aliphatic carbocycles. The number of carbonyl (C=O) groups is 1. The smallest absolute Gasteiger partial charge is 0.259 e. The van der Waals surface area contributed by atoms with Crippen molar-refractivity contribution >= 4 is 5.91 Å². The van der Waals surface area contributed by atoms with Crippen molar-refractivity contribution in [1.29, 1.82) is 0 Å². The Kier molecular flexibility index (Phi) is 4.93. The zero-order valence-electron chi connectivity index (χ0n) is 11.5. The van der Waals surface area contributed by atoms with Gasteiger partial charge in [-0.1, -0.05) is 5.16 Å². The van der Waals surface area contributed by atoms with Gasteiger partial charge in [-0.3, -0.25) is 4.79 Å². The molecule has 0 saturated carbocycles. The van der Waals surface area contributed by atoms with Crippen LogP contribution in [-0.2, 0) is 4.74 Å². The molecule has 1 N–H and O–H groups in total. The van der Waals surface area contributed by atoms with Gasteiger partial charge >= 0.3 is 0 Å². The Morgan fingerprint density at radius 2 is 2.53 bits per heavy atom. The molecule has 6 nitrogen and oxygen atoms in total. The number of carbonyl (C=O) groups excluding carboxylic acids is 1. The summed E-state index contributed by atoms with van der Waals surface area (Å²) >= 11 is 0. The van der Waals surface area contributed by atoms with Crippen molar-refractivity contribution in [3.8, 4) is 0 Å². The molecule has 0 radical (unpaired) electrons. The van der Waals surface area contributed by atoms with E-state index in [1.54, 1.807) is 14.0 Å². The van der Waals surface area contributed by atoms with Crippen LogP contribution in [0.3, 0.4) is 0 Å². The fourth-order valence-electron chi connectivity index (χ4n) is 2.33. The van der Waals surface area contributed by atoms with E-state index >= 15 is 0 Å². The molecule has 19 heavy (non-hydrogen) atoms. The van der Waals surface area contributed by atoms with Crippen LogP contribution in [0.25, 0.3) is 0 Å². The van der Waals surface area contributed by atoms with E-state index in [0.29, 0.717) is 37.1 Å². The summed E-state index contributed by atoms with van der Waals surface area (Å²) in [4.78, 5) is 14.3. The molecule has 0 bridgehead atoms. The second-order valence-corrected chi connectivity index (χ2v) is 4.83. The second kappa shape index (κ2) is 6.68. The largest absolute Gasteiger partial charge is 0.383 e. The Morgan fingerprint density at radius 3 is 3.11 bits per heavy atom. The zero-order valence-corrected chi connectivity index (χ0v) is 11.5. The molecule has 1 saturated heterocycles. The van der Waals surface area contributed by atoms with Crippen molar-refractivity contribution in [2.45, 2.75) is 25.8 Å². The van der Waals surface area contributed by atoms with Gasteiger partial charge in [0, 0.05) is 26.2 Å². The van der Waals surface area contributed by atoms with E-state index in [0.717, 1.165) is 13.0 Å². The summed E-state index contributed by atoms with van der Waals surface area (Å²) in [5.74, 6) is 0.524. The Labute approximate surface area is 113 Å². The number of amides is 1. The first-order valence-corrected chi connectivity index (χ1v) is 6.65. The van der Waals surface area contributed by atoms with E-state index in [9.17, 15) is 4.79 Å². The molecule has 1 amide bonds.